The number of methoxy groups -OCH3 is 3. The average molecular weight is 345 g/mol. The zero-order chi connectivity index (χ0) is 18.2. The van der Waals surface area contributed by atoms with E-state index in [0.29, 0.717) is 6.54 Å². The Labute approximate surface area is 149 Å². The number of hydrogen-bond acceptors (Lipinski definition) is 5. The van der Waals surface area contributed by atoms with Crippen LogP contribution in [0.3, 0.4) is 0 Å². The van der Waals surface area contributed by atoms with Crippen molar-refractivity contribution >= 4 is 0 Å². The van der Waals surface area contributed by atoms with Crippen LogP contribution < -0.4 is 19.5 Å². The van der Waals surface area contributed by atoms with Gasteiger partial charge >= 0.3 is 0 Å². The van der Waals surface area contributed by atoms with Gasteiger partial charge < -0.3 is 24.6 Å². The molecule has 25 heavy (non-hydrogen) atoms. The van der Waals surface area contributed by atoms with E-state index < -0.39 is 6.10 Å². The molecule has 0 saturated carbocycles. The molecule has 5 heteroatoms. The summed E-state index contributed by atoms with van der Waals surface area (Å²) >= 11 is 0. The molecule has 0 saturated heterocycles. The molecule has 0 aromatic heterocycles. The third-order valence-electron chi connectivity index (χ3n) is 4.32. The minimum Gasteiger partial charge on any atom is -0.497 e. The third kappa shape index (κ3) is 4.87. The number of nitrogens with one attached hydrogen (secondary N) is 1. The number of benzene rings is 2. The van der Waals surface area contributed by atoms with Gasteiger partial charge in [0.1, 0.15) is 5.75 Å². The maximum atomic E-state index is 10.2. The van der Waals surface area contributed by atoms with Gasteiger partial charge in [0.05, 0.1) is 27.4 Å². The number of ether oxygens (including phenoxy) is 3. The molecule has 0 fully saturated rings. The highest BCUT2D eigenvalue weighted by Crippen LogP contribution is 2.32. The van der Waals surface area contributed by atoms with E-state index in [0.717, 1.165) is 41.3 Å². The van der Waals surface area contributed by atoms with Crippen molar-refractivity contribution in [3.8, 4) is 17.2 Å². The van der Waals surface area contributed by atoms with Crippen molar-refractivity contribution < 1.29 is 19.3 Å². The van der Waals surface area contributed by atoms with Crippen LogP contribution in [0.25, 0.3) is 0 Å². The highest BCUT2D eigenvalue weighted by Gasteiger charge is 2.11. The van der Waals surface area contributed by atoms with Crippen molar-refractivity contribution in [2.75, 3.05) is 34.4 Å². The second-order valence-electron chi connectivity index (χ2n) is 5.83. The van der Waals surface area contributed by atoms with Gasteiger partial charge in [0.15, 0.2) is 11.5 Å². The van der Waals surface area contributed by atoms with Crippen molar-refractivity contribution in [2.45, 2.75) is 19.4 Å². The van der Waals surface area contributed by atoms with Gasteiger partial charge in [-0.2, -0.15) is 0 Å². The van der Waals surface area contributed by atoms with E-state index in [9.17, 15) is 5.11 Å². The van der Waals surface area contributed by atoms with Gasteiger partial charge in [0, 0.05) is 6.54 Å². The van der Waals surface area contributed by atoms with Gasteiger partial charge in [-0.1, -0.05) is 18.2 Å². The van der Waals surface area contributed by atoms with E-state index in [1.165, 1.54) is 5.56 Å². The van der Waals surface area contributed by atoms with Crippen LogP contribution in [0.4, 0.5) is 0 Å². The standard InChI is InChI=1S/C20H27NO4/c1-14-15(7-10-19(24-3)20(14)25-4)11-12-21-13-18(22)16-5-8-17(23-2)9-6-16/h5-10,18,21-22H,11-13H2,1-4H3. The smallest absolute Gasteiger partial charge is 0.163 e. The monoisotopic (exact) mass is 345 g/mol. The van der Waals surface area contributed by atoms with E-state index in [-0.39, 0.29) is 0 Å². The van der Waals surface area contributed by atoms with Crippen LogP contribution in [0.2, 0.25) is 0 Å². The molecule has 0 amide bonds. The fraction of sp³-hybridized carbons (Fsp3) is 0.400. The Kier molecular flexibility index (Phi) is 7.10. The summed E-state index contributed by atoms with van der Waals surface area (Å²) in [6.45, 7) is 3.30. The lowest BCUT2D eigenvalue weighted by molar-refractivity contribution is 0.175. The molecule has 136 valence electrons. The van der Waals surface area contributed by atoms with Crippen LogP contribution in [-0.4, -0.2) is 39.5 Å². The Bertz CT molecular complexity index is 670. The SMILES string of the molecule is COc1ccc(C(O)CNCCc2ccc(OC)c(OC)c2C)cc1. The Hall–Kier alpha value is -2.24. The first kappa shape index (κ1) is 19.1. The number of hydrogen-bond donors (Lipinski definition) is 2. The lowest BCUT2D eigenvalue weighted by Crippen LogP contribution is -2.24. The lowest BCUT2D eigenvalue weighted by Gasteiger charge is -2.15. The summed E-state index contributed by atoms with van der Waals surface area (Å²) < 4.78 is 15.9. The molecule has 0 spiro atoms. The quantitative estimate of drug-likeness (QED) is 0.685. The van der Waals surface area contributed by atoms with Crippen molar-refractivity contribution in [3.05, 3.63) is 53.1 Å². The number of aliphatic hydroxyl groups excluding tert-OH is 1. The average Bonchev–Trinajstić information content (AvgIpc) is 2.65. The Morgan fingerprint density at radius 1 is 0.960 bits per heavy atom. The van der Waals surface area contributed by atoms with Gasteiger partial charge in [0.25, 0.3) is 0 Å². The van der Waals surface area contributed by atoms with E-state index in [1.54, 1.807) is 21.3 Å². The molecule has 0 heterocycles. The molecule has 0 aliphatic carbocycles. The fourth-order valence-corrected chi connectivity index (χ4v) is 2.80. The van der Waals surface area contributed by atoms with Crippen molar-refractivity contribution in [2.24, 2.45) is 0 Å². The highest BCUT2D eigenvalue weighted by molar-refractivity contribution is 5.50. The third-order valence-corrected chi connectivity index (χ3v) is 4.32. The molecule has 2 N–H and O–H groups in total. The van der Waals surface area contributed by atoms with Gasteiger partial charge in [-0.3, -0.25) is 0 Å². The molecular formula is C20H27NO4. The Morgan fingerprint density at radius 3 is 2.28 bits per heavy atom. The summed E-state index contributed by atoms with van der Waals surface area (Å²) in [5.74, 6) is 2.30. The maximum absolute atomic E-state index is 10.2. The predicted octanol–water partition coefficient (Wildman–Crippen LogP) is 2.89. The molecule has 2 aromatic carbocycles. The molecule has 0 radical (unpaired) electrons. The number of aliphatic hydroxyl groups is 1. The van der Waals surface area contributed by atoms with Crippen LogP contribution >= 0.6 is 0 Å². The van der Waals surface area contributed by atoms with Crippen LogP contribution in [-0.2, 0) is 6.42 Å². The van der Waals surface area contributed by atoms with Crippen molar-refractivity contribution in [1.29, 1.82) is 0 Å². The van der Waals surface area contributed by atoms with Gasteiger partial charge in [0.2, 0.25) is 0 Å². The van der Waals surface area contributed by atoms with E-state index >= 15 is 0 Å². The summed E-state index contributed by atoms with van der Waals surface area (Å²) in [7, 11) is 4.92. The van der Waals surface area contributed by atoms with Crippen molar-refractivity contribution in [1.82, 2.24) is 5.32 Å². The molecule has 1 unspecified atom stereocenters. The normalized spacial score (nSPS) is 11.9. The zero-order valence-corrected chi connectivity index (χ0v) is 15.3. The van der Waals surface area contributed by atoms with Gasteiger partial charge in [-0.25, -0.2) is 0 Å². The molecule has 2 aromatic rings. The molecule has 0 aliphatic heterocycles. The second-order valence-corrected chi connectivity index (χ2v) is 5.83. The summed E-state index contributed by atoms with van der Waals surface area (Å²) in [5.41, 5.74) is 3.15. The van der Waals surface area contributed by atoms with E-state index in [4.69, 9.17) is 14.2 Å². The first-order valence-electron chi connectivity index (χ1n) is 8.33. The number of rotatable bonds is 9. The molecule has 5 nitrogen and oxygen atoms in total. The Balaban J connectivity index is 1.86. The largest absolute Gasteiger partial charge is 0.497 e. The zero-order valence-electron chi connectivity index (χ0n) is 15.3. The topological polar surface area (TPSA) is 60.0 Å². The molecule has 2 rings (SSSR count). The fourth-order valence-electron chi connectivity index (χ4n) is 2.80. The van der Waals surface area contributed by atoms with E-state index in [2.05, 4.69) is 11.4 Å². The summed E-state index contributed by atoms with van der Waals surface area (Å²) in [4.78, 5) is 0. The van der Waals surface area contributed by atoms with Crippen LogP contribution in [0, 0.1) is 6.92 Å². The van der Waals surface area contributed by atoms with Crippen LogP contribution in [0.15, 0.2) is 36.4 Å². The highest BCUT2D eigenvalue weighted by atomic mass is 16.5. The molecule has 0 bridgehead atoms. The first-order chi connectivity index (χ1) is 12.1. The Morgan fingerprint density at radius 2 is 1.68 bits per heavy atom. The van der Waals surface area contributed by atoms with Crippen LogP contribution in [0.1, 0.15) is 22.8 Å². The summed E-state index contributed by atoms with van der Waals surface area (Å²) in [6.07, 6.45) is 0.305. The lowest BCUT2D eigenvalue weighted by atomic mass is 10.0. The van der Waals surface area contributed by atoms with E-state index in [1.807, 2.05) is 37.3 Å². The molecule has 0 aliphatic rings. The second kappa shape index (κ2) is 9.30. The minimum absolute atomic E-state index is 0.499. The molecule has 1 atom stereocenters. The van der Waals surface area contributed by atoms with Gasteiger partial charge in [-0.15, -0.1) is 0 Å². The summed E-state index contributed by atoms with van der Waals surface area (Å²) in [5, 5.41) is 13.5. The van der Waals surface area contributed by atoms with Crippen molar-refractivity contribution in [3.63, 3.8) is 0 Å². The maximum Gasteiger partial charge on any atom is 0.163 e. The minimum atomic E-state index is -0.544. The first-order valence-corrected chi connectivity index (χ1v) is 8.33. The molecular weight excluding hydrogens is 318 g/mol. The van der Waals surface area contributed by atoms with Crippen LogP contribution in [0.5, 0.6) is 17.2 Å². The van der Waals surface area contributed by atoms with Gasteiger partial charge in [-0.05, 0) is 54.8 Å². The predicted molar refractivity (Wildman–Crippen MR) is 98.8 cm³/mol. The summed E-state index contributed by atoms with van der Waals surface area (Å²) in [6, 6.07) is 11.4.